The number of hydrazine groups is 1. The molecule has 0 saturated carbocycles. The molecule has 4 N–H and O–H groups in total. The van der Waals surface area contributed by atoms with Gasteiger partial charge in [-0.1, -0.05) is 33.8 Å². The highest BCUT2D eigenvalue weighted by Gasteiger charge is 2.35. The molecular weight excluding hydrogens is 436 g/mol. The number of carbonyl (C=O) groups excluding carboxylic acids is 3. The summed E-state index contributed by atoms with van der Waals surface area (Å²) >= 11 is 0. The highest BCUT2D eigenvalue weighted by Crippen LogP contribution is 2.15. The van der Waals surface area contributed by atoms with Crippen LogP contribution in [0.2, 0.25) is 0 Å². The molecule has 0 aliphatic rings. The van der Waals surface area contributed by atoms with E-state index >= 15 is 0 Å². The van der Waals surface area contributed by atoms with Crippen LogP contribution in [0.1, 0.15) is 61.8 Å². The Bertz CT molecular complexity index is 774. The van der Waals surface area contributed by atoms with Gasteiger partial charge in [0.05, 0.1) is 5.25 Å². The van der Waals surface area contributed by atoms with E-state index in [1.807, 2.05) is 13.8 Å². The molecule has 0 aromatic rings. The maximum Gasteiger partial charge on any atom is 0.425 e. The minimum atomic E-state index is -3.65. The number of hydrogen-bond acceptors (Lipinski definition) is 7. The van der Waals surface area contributed by atoms with Crippen LogP contribution >= 0.6 is 0 Å². The zero-order valence-corrected chi connectivity index (χ0v) is 21.3. The van der Waals surface area contributed by atoms with E-state index in [9.17, 15) is 22.8 Å². The number of ether oxygens (including phenoxy) is 1. The quantitative estimate of drug-likeness (QED) is 0.178. The summed E-state index contributed by atoms with van der Waals surface area (Å²) in [5.74, 6) is 3.66. The highest BCUT2D eigenvalue weighted by atomic mass is 32.2. The Morgan fingerprint density at radius 2 is 1.62 bits per heavy atom. The molecule has 186 valence electrons. The molecule has 0 aliphatic carbocycles. The Balaban J connectivity index is 5.14. The van der Waals surface area contributed by atoms with Gasteiger partial charge in [-0.15, -0.1) is 6.58 Å². The van der Waals surface area contributed by atoms with E-state index in [-0.39, 0.29) is 11.8 Å². The van der Waals surface area contributed by atoms with E-state index in [0.717, 1.165) is 0 Å². The van der Waals surface area contributed by atoms with Gasteiger partial charge in [-0.25, -0.2) is 24.1 Å². The van der Waals surface area contributed by atoms with Gasteiger partial charge in [-0.2, -0.15) is 0 Å². The van der Waals surface area contributed by atoms with Crippen molar-refractivity contribution in [1.82, 2.24) is 15.6 Å². The Morgan fingerprint density at radius 1 is 1.09 bits per heavy atom. The molecule has 0 bridgehead atoms. The molecule has 3 amide bonds. The van der Waals surface area contributed by atoms with Crippen molar-refractivity contribution in [1.29, 1.82) is 0 Å². The van der Waals surface area contributed by atoms with Gasteiger partial charge in [0.25, 0.3) is 0 Å². The number of carbonyl (C=O) groups is 3. The van der Waals surface area contributed by atoms with Crippen LogP contribution in [0.3, 0.4) is 0 Å². The van der Waals surface area contributed by atoms with Gasteiger partial charge in [0.2, 0.25) is 11.8 Å². The Hall–Kier alpha value is -2.14. The molecule has 0 spiro atoms. The monoisotopic (exact) mass is 476 g/mol. The van der Waals surface area contributed by atoms with Crippen molar-refractivity contribution in [2.24, 2.45) is 17.7 Å². The predicted octanol–water partition coefficient (Wildman–Crippen LogP) is 1.72. The summed E-state index contributed by atoms with van der Waals surface area (Å²) in [5, 5.41) is 4.73. The lowest BCUT2D eigenvalue weighted by Gasteiger charge is -2.32. The number of nitrogens with two attached hydrogens (primary N) is 1. The van der Waals surface area contributed by atoms with Crippen LogP contribution in [0.15, 0.2) is 12.7 Å². The summed E-state index contributed by atoms with van der Waals surface area (Å²) in [6.45, 7) is 17.1. The molecule has 0 radical (unpaired) electrons. The largest absolute Gasteiger partial charge is 0.443 e. The summed E-state index contributed by atoms with van der Waals surface area (Å²) in [5.41, 5.74) is -0.801. The first kappa shape index (κ1) is 29.9. The third-order valence-corrected chi connectivity index (χ3v) is 6.29. The molecule has 0 aliphatic heterocycles. The lowest BCUT2D eigenvalue weighted by Crippen LogP contribution is -2.59. The average molecular weight is 477 g/mol. The predicted molar refractivity (Wildman–Crippen MR) is 124 cm³/mol. The number of rotatable bonds is 11. The maximum absolute atomic E-state index is 12.7. The standard InChI is InChI=1S/C21H40N4O6S/c1-10-16(11-13(2)3)32(29,30)12-23-18(26)15(6)24-19(27)17(14(4)5)25(22)20(28)31-21(7,8)9/h10,13-17H,1,11-12,22H2,2-9H3,(H,23,26)(H,24,27)/t15?,16-,17?/m1/s1. The average Bonchev–Trinajstić information content (AvgIpc) is 2.61. The first-order valence-corrected chi connectivity index (χ1v) is 12.3. The van der Waals surface area contributed by atoms with Crippen LogP contribution in [0.5, 0.6) is 0 Å². The van der Waals surface area contributed by atoms with E-state index < -0.39 is 56.6 Å². The van der Waals surface area contributed by atoms with E-state index in [0.29, 0.717) is 11.4 Å². The van der Waals surface area contributed by atoms with Crippen molar-refractivity contribution < 1.29 is 27.5 Å². The van der Waals surface area contributed by atoms with E-state index in [4.69, 9.17) is 10.6 Å². The zero-order valence-electron chi connectivity index (χ0n) is 20.5. The Kier molecular flexibility index (Phi) is 11.4. The number of nitrogens with one attached hydrogen (secondary N) is 2. The van der Waals surface area contributed by atoms with Crippen LogP contribution in [0.4, 0.5) is 4.79 Å². The van der Waals surface area contributed by atoms with Gasteiger partial charge >= 0.3 is 6.09 Å². The van der Waals surface area contributed by atoms with Gasteiger partial charge in [-0.05, 0) is 46.0 Å². The molecule has 2 unspecified atom stereocenters. The Morgan fingerprint density at radius 3 is 2.03 bits per heavy atom. The molecule has 32 heavy (non-hydrogen) atoms. The fourth-order valence-corrected chi connectivity index (χ4v) is 4.36. The summed E-state index contributed by atoms with van der Waals surface area (Å²) in [7, 11) is -3.65. The second-order valence-corrected chi connectivity index (χ2v) is 11.8. The second-order valence-electron chi connectivity index (χ2n) is 9.56. The van der Waals surface area contributed by atoms with Crippen LogP contribution in [-0.4, -0.2) is 60.1 Å². The fraction of sp³-hybridized carbons (Fsp3) is 0.762. The third kappa shape index (κ3) is 9.99. The van der Waals surface area contributed by atoms with E-state index in [1.54, 1.807) is 34.6 Å². The molecular formula is C21H40N4O6S. The molecule has 0 aromatic carbocycles. The number of sulfone groups is 1. The lowest BCUT2D eigenvalue weighted by molar-refractivity contribution is -0.132. The van der Waals surface area contributed by atoms with Crippen LogP contribution in [-0.2, 0) is 24.2 Å². The van der Waals surface area contributed by atoms with Crippen molar-refractivity contribution in [2.45, 2.75) is 84.7 Å². The molecule has 11 heteroatoms. The number of nitrogens with zero attached hydrogens (tertiary/aromatic N) is 1. The summed E-state index contributed by atoms with van der Waals surface area (Å²) in [4.78, 5) is 37.4. The van der Waals surface area contributed by atoms with Crippen molar-refractivity contribution in [3.05, 3.63) is 12.7 Å². The van der Waals surface area contributed by atoms with Crippen molar-refractivity contribution in [3.63, 3.8) is 0 Å². The zero-order chi connectivity index (χ0) is 25.4. The minimum Gasteiger partial charge on any atom is -0.443 e. The van der Waals surface area contributed by atoms with Crippen LogP contribution in [0.25, 0.3) is 0 Å². The van der Waals surface area contributed by atoms with Gasteiger partial charge < -0.3 is 15.4 Å². The molecule has 3 atom stereocenters. The first-order valence-electron chi connectivity index (χ1n) is 10.6. The molecule has 0 fully saturated rings. The maximum atomic E-state index is 12.7. The number of amides is 3. The van der Waals surface area contributed by atoms with Crippen LogP contribution < -0.4 is 16.5 Å². The van der Waals surface area contributed by atoms with Crippen molar-refractivity contribution in [3.8, 4) is 0 Å². The molecule has 0 aromatic heterocycles. The fourth-order valence-electron chi connectivity index (χ4n) is 2.83. The van der Waals surface area contributed by atoms with Crippen molar-refractivity contribution in [2.75, 3.05) is 5.88 Å². The number of hydrogen-bond donors (Lipinski definition) is 3. The van der Waals surface area contributed by atoms with E-state index in [2.05, 4.69) is 17.2 Å². The third-order valence-electron chi connectivity index (χ3n) is 4.43. The minimum absolute atomic E-state index is 0.138. The second kappa shape index (κ2) is 12.2. The highest BCUT2D eigenvalue weighted by molar-refractivity contribution is 7.92. The molecule has 0 heterocycles. The normalized spacial score (nSPS) is 15.0. The summed E-state index contributed by atoms with van der Waals surface area (Å²) in [6, 6.07) is -2.15. The molecule has 10 nitrogen and oxygen atoms in total. The smallest absolute Gasteiger partial charge is 0.425 e. The van der Waals surface area contributed by atoms with Crippen molar-refractivity contribution >= 4 is 27.7 Å². The van der Waals surface area contributed by atoms with Gasteiger partial charge in [-0.3, -0.25) is 9.59 Å². The van der Waals surface area contributed by atoms with Gasteiger partial charge in [0.15, 0.2) is 9.84 Å². The SMILES string of the molecule is C=C[C@H](CC(C)C)S(=O)(=O)CNC(=O)C(C)NC(=O)C(C(C)C)N(N)C(=O)OC(C)(C)C. The molecule has 0 saturated heterocycles. The topological polar surface area (TPSA) is 148 Å². The molecule has 0 rings (SSSR count). The van der Waals surface area contributed by atoms with E-state index in [1.165, 1.54) is 13.0 Å². The van der Waals surface area contributed by atoms with Gasteiger partial charge in [0, 0.05) is 0 Å². The Labute approximate surface area is 192 Å². The van der Waals surface area contributed by atoms with Crippen LogP contribution in [0, 0.1) is 11.8 Å². The van der Waals surface area contributed by atoms with Gasteiger partial charge in [0.1, 0.15) is 23.6 Å². The lowest BCUT2D eigenvalue weighted by atomic mass is 10.0. The summed E-state index contributed by atoms with van der Waals surface area (Å²) < 4.78 is 30.1. The first-order chi connectivity index (χ1) is 14.4. The summed E-state index contributed by atoms with van der Waals surface area (Å²) in [6.07, 6.45) is 0.864.